The van der Waals surface area contributed by atoms with E-state index in [-0.39, 0.29) is 23.6 Å². The van der Waals surface area contributed by atoms with Gasteiger partial charge >= 0.3 is 6.36 Å². The molecule has 174 valence electrons. The number of nitrogens with zero attached hydrogens (tertiary/aromatic N) is 2. The number of halogens is 3. The molecular formula is C24H24F3N3O3. The number of rotatable bonds is 8. The Hall–Kier alpha value is -3.51. The van der Waals surface area contributed by atoms with Gasteiger partial charge in [-0.25, -0.2) is 0 Å². The molecule has 1 heterocycles. The Labute approximate surface area is 189 Å². The molecule has 2 aromatic carbocycles. The molecule has 0 saturated heterocycles. The molecule has 0 saturated carbocycles. The van der Waals surface area contributed by atoms with E-state index < -0.39 is 6.36 Å². The minimum atomic E-state index is -4.80. The molecule has 0 radical (unpaired) electrons. The molecule has 1 aromatic heterocycles. The number of carbonyl (C=O) groups excluding carboxylic acids is 1. The van der Waals surface area contributed by atoms with Crippen LogP contribution in [0.5, 0.6) is 5.75 Å². The van der Waals surface area contributed by atoms with E-state index in [4.69, 9.17) is 4.74 Å². The van der Waals surface area contributed by atoms with Crippen LogP contribution in [-0.2, 0) is 11.3 Å². The summed E-state index contributed by atoms with van der Waals surface area (Å²) in [5.74, 6) is -0.674. The Balaban J connectivity index is 1.97. The highest BCUT2D eigenvalue weighted by molar-refractivity contribution is 5.99. The van der Waals surface area contributed by atoms with Crippen LogP contribution in [0.4, 0.5) is 13.2 Å². The number of aromatic nitrogens is 1. The Bertz CT molecular complexity index is 1190. The summed E-state index contributed by atoms with van der Waals surface area (Å²) in [5, 5.41) is 12.8. The molecule has 0 aliphatic heterocycles. The summed E-state index contributed by atoms with van der Waals surface area (Å²) in [6, 6.07) is 14.4. The van der Waals surface area contributed by atoms with E-state index in [1.54, 1.807) is 42.0 Å². The first-order valence-corrected chi connectivity index (χ1v) is 10.2. The summed E-state index contributed by atoms with van der Waals surface area (Å²) >= 11 is 0. The summed E-state index contributed by atoms with van der Waals surface area (Å²) in [4.78, 5) is 13.1. The van der Waals surface area contributed by atoms with Gasteiger partial charge in [-0.3, -0.25) is 4.79 Å². The fourth-order valence-corrected chi connectivity index (χ4v) is 3.57. The van der Waals surface area contributed by atoms with Gasteiger partial charge in [-0.15, -0.1) is 13.2 Å². The number of methoxy groups -OCH3 is 1. The Kier molecular flexibility index (Phi) is 6.98. The van der Waals surface area contributed by atoms with Gasteiger partial charge in [0.1, 0.15) is 11.4 Å². The predicted molar refractivity (Wildman–Crippen MR) is 117 cm³/mol. The first-order chi connectivity index (χ1) is 15.5. The summed E-state index contributed by atoms with van der Waals surface area (Å²) in [6.45, 7) is 4.86. The molecule has 1 amide bonds. The van der Waals surface area contributed by atoms with E-state index in [9.17, 15) is 23.2 Å². The third-order valence-corrected chi connectivity index (χ3v) is 5.00. The van der Waals surface area contributed by atoms with Crippen LogP contribution in [0.15, 0.2) is 48.5 Å². The van der Waals surface area contributed by atoms with E-state index >= 15 is 0 Å². The molecule has 33 heavy (non-hydrogen) atoms. The third-order valence-electron chi connectivity index (χ3n) is 5.00. The fraction of sp³-hybridized carbons (Fsp3) is 0.333. The molecule has 0 spiro atoms. The number of ether oxygens (including phenoxy) is 2. The summed E-state index contributed by atoms with van der Waals surface area (Å²) in [5.41, 5.74) is 1.67. The molecule has 0 aliphatic carbocycles. The van der Waals surface area contributed by atoms with Gasteiger partial charge in [-0.2, -0.15) is 5.26 Å². The van der Waals surface area contributed by atoms with Gasteiger partial charge < -0.3 is 19.4 Å². The monoisotopic (exact) mass is 459 g/mol. The van der Waals surface area contributed by atoms with Gasteiger partial charge in [-0.05, 0) is 42.0 Å². The number of nitrogens with one attached hydrogen (secondary N) is 1. The van der Waals surface area contributed by atoms with Crippen molar-refractivity contribution in [1.29, 1.82) is 5.26 Å². The first kappa shape index (κ1) is 24.1. The lowest BCUT2D eigenvalue weighted by molar-refractivity contribution is -0.274. The van der Waals surface area contributed by atoms with Crippen LogP contribution < -0.4 is 10.1 Å². The molecule has 1 N–H and O–H groups in total. The standard InChI is InChI=1S/C24H24F3N3O3/c1-23(2,15-32-3)14-29-22(31)21-11-18-9-16(12-28)7-8-20(18)30(21)13-17-5-4-6-19(10-17)33-24(25,26)27/h4-11H,13-15H2,1-3H3,(H,29,31). The van der Waals surface area contributed by atoms with E-state index in [0.29, 0.717) is 40.9 Å². The Morgan fingerprint density at radius 2 is 1.91 bits per heavy atom. The van der Waals surface area contributed by atoms with Crippen LogP contribution in [0, 0.1) is 16.7 Å². The molecule has 3 rings (SSSR count). The second-order valence-electron chi connectivity index (χ2n) is 8.48. The quantitative estimate of drug-likeness (QED) is 0.522. The minimum absolute atomic E-state index is 0.134. The van der Waals surface area contributed by atoms with Crippen molar-refractivity contribution in [1.82, 2.24) is 9.88 Å². The number of benzene rings is 2. The van der Waals surface area contributed by atoms with Crippen molar-refractivity contribution in [2.24, 2.45) is 5.41 Å². The van der Waals surface area contributed by atoms with Crippen molar-refractivity contribution >= 4 is 16.8 Å². The van der Waals surface area contributed by atoms with Gasteiger partial charge in [0.25, 0.3) is 5.91 Å². The van der Waals surface area contributed by atoms with Gasteiger partial charge in [-0.1, -0.05) is 26.0 Å². The lowest BCUT2D eigenvalue weighted by Crippen LogP contribution is -2.37. The zero-order chi connectivity index (χ0) is 24.2. The van der Waals surface area contributed by atoms with Crippen molar-refractivity contribution < 1.29 is 27.4 Å². The SMILES string of the molecule is COCC(C)(C)CNC(=O)c1cc2cc(C#N)ccc2n1Cc1cccc(OC(F)(F)F)c1. The van der Waals surface area contributed by atoms with Gasteiger partial charge in [0, 0.05) is 36.5 Å². The normalized spacial score (nSPS) is 11.9. The van der Waals surface area contributed by atoms with Crippen molar-refractivity contribution in [2.75, 3.05) is 20.3 Å². The highest BCUT2D eigenvalue weighted by atomic mass is 19.4. The number of hydrogen-bond acceptors (Lipinski definition) is 4. The maximum atomic E-state index is 13.1. The maximum Gasteiger partial charge on any atom is 0.573 e. The lowest BCUT2D eigenvalue weighted by atomic mass is 9.95. The molecule has 3 aromatic rings. The second-order valence-corrected chi connectivity index (χ2v) is 8.48. The average molecular weight is 459 g/mol. The van der Waals surface area contributed by atoms with Crippen LogP contribution in [0.1, 0.15) is 35.5 Å². The highest BCUT2D eigenvalue weighted by Gasteiger charge is 2.31. The maximum absolute atomic E-state index is 13.1. The number of amides is 1. The predicted octanol–water partition coefficient (Wildman–Crippen LogP) is 4.86. The lowest BCUT2D eigenvalue weighted by Gasteiger charge is -2.24. The molecular weight excluding hydrogens is 435 g/mol. The molecule has 6 nitrogen and oxygen atoms in total. The van der Waals surface area contributed by atoms with Crippen molar-refractivity contribution in [3.63, 3.8) is 0 Å². The zero-order valence-electron chi connectivity index (χ0n) is 18.5. The molecule has 0 fully saturated rings. The van der Waals surface area contributed by atoms with Crippen LogP contribution in [0.3, 0.4) is 0 Å². The van der Waals surface area contributed by atoms with Crippen LogP contribution in [0.2, 0.25) is 0 Å². The van der Waals surface area contributed by atoms with Crippen LogP contribution >= 0.6 is 0 Å². The van der Waals surface area contributed by atoms with Crippen molar-refractivity contribution in [2.45, 2.75) is 26.8 Å². The molecule has 0 unspecified atom stereocenters. The number of fused-ring (bicyclic) bond motifs is 1. The summed E-state index contributed by atoms with van der Waals surface area (Å²) < 4.78 is 48.8. The molecule has 0 aliphatic rings. The van der Waals surface area contributed by atoms with E-state index in [0.717, 1.165) is 0 Å². The number of carbonyl (C=O) groups is 1. The highest BCUT2D eigenvalue weighted by Crippen LogP contribution is 2.26. The van der Waals surface area contributed by atoms with E-state index in [2.05, 4.69) is 16.1 Å². The van der Waals surface area contributed by atoms with E-state index in [1.807, 2.05) is 13.8 Å². The summed E-state index contributed by atoms with van der Waals surface area (Å²) in [6.07, 6.45) is -4.80. The average Bonchev–Trinajstić information content (AvgIpc) is 3.08. The molecule has 9 heteroatoms. The number of hydrogen-bond donors (Lipinski definition) is 1. The second kappa shape index (κ2) is 9.55. The zero-order valence-corrected chi connectivity index (χ0v) is 18.5. The smallest absolute Gasteiger partial charge is 0.406 e. The molecule has 0 bridgehead atoms. The number of alkyl halides is 3. The van der Waals surface area contributed by atoms with Gasteiger partial charge in [0.15, 0.2) is 0 Å². The fourth-order valence-electron chi connectivity index (χ4n) is 3.57. The first-order valence-electron chi connectivity index (χ1n) is 10.2. The minimum Gasteiger partial charge on any atom is -0.406 e. The van der Waals surface area contributed by atoms with Gasteiger partial charge in [0.2, 0.25) is 0 Å². The largest absolute Gasteiger partial charge is 0.573 e. The number of nitriles is 1. The van der Waals surface area contributed by atoms with Gasteiger partial charge in [0.05, 0.1) is 18.2 Å². The topological polar surface area (TPSA) is 76.3 Å². The van der Waals surface area contributed by atoms with Crippen LogP contribution in [-0.4, -0.2) is 37.1 Å². The molecule has 0 atom stereocenters. The Morgan fingerprint density at radius 3 is 2.58 bits per heavy atom. The van der Waals surface area contributed by atoms with Crippen molar-refractivity contribution in [3.8, 4) is 11.8 Å². The third kappa shape index (κ3) is 6.26. The van der Waals surface area contributed by atoms with E-state index in [1.165, 1.54) is 18.2 Å². The van der Waals surface area contributed by atoms with Crippen molar-refractivity contribution in [3.05, 3.63) is 65.4 Å². The summed E-state index contributed by atoms with van der Waals surface area (Å²) in [7, 11) is 1.59. The Morgan fingerprint density at radius 1 is 1.15 bits per heavy atom. The van der Waals surface area contributed by atoms with Crippen LogP contribution in [0.25, 0.3) is 10.9 Å².